The van der Waals surface area contributed by atoms with Crippen molar-refractivity contribution in [1.82, 2.24) is 9.55 Å². The van der Waals surface area contributed by atoms with E-state index in [-0.39, 0.29) is 18.4 Å². The molecule has 0 radical (unpaired) electrons. The van der Waals surface area contributed by atoms with Crippen LogP contribution in [-0.4, -0.2) is 35.8 Å². The van der Waals surface area contributed by atoms with Crippen molar-refractivity contribution in [2.75, 3.05) is 25.6 Å². The standard InChI is InChI=1S/C28H28ClN3O3/c1-34-28(33)18-27(22-5-2-3-6-23(22)29)32-15-12-19-17-21(9-11-26(19)32)35-16-13-20-8-10-24-25(31-20)7-4-14-30-24/h2-3,5-6,8-12,15,17,27,30H,4,7,13-14,16,18H2,1H3. The van der Waals surface area contributed by atoms with E-state index in [0.717, 1.165) is 65.1 Å². The average Bonchev–Trinajstić information content (AvgIpc) is 3.30. The van der Waals surface area contributed by atoms with E-state index >= 15 is 0 Å². The summed E-state index contributed by atoms with van der Waals surface area (Å²) in [5.74, 6) is 0.514. The van der Waals surface area contributed by atoms with Crippen LogP contribution < -0.4 is 10.1 Å². The highest BCUT2D eigenvalue weighted by atomic mass is 35.5. The van der Waals surface area contributed by atoms with Gasteiger partial charge in [-0.25, -0.2) is 0 Å². The van der Waals surface area contributed by atoms with Gasteiger partial charge in [-0.1, -0.05) is 29.8 Å². The minimum atomic E-state index is -0.289. The number of pyridine rings is 1. The number of methoxy groups -OCH3 is 1. The summed E-state index contributed by atoms with van der Waals surface area (Å²) in [7, 11) is 1.40. The molecule has 1 N–H and O–H groups in total. The van der Waals surface area contributed by atoms with Crippen LogP contribution in [-0.2, 0) is 22.4 Å². The first-order valence-corrected chi connectivity index (χ1v) is 12.3. The summed E-state index contributed by atoms with van der Waals surface area (Å²) >= 11 is 6.49. The molecular weight excluding hydrogens is 462 g/mol. The molecule has 4 aromatic rings. The lowest BCUT2D eigenvalue weighted by molar-refractivity contribution is -0.141. The van der Waals surface area contributed by atoms with Crippen LogP contribution in [0.4, 0.5) is 5.69 Å². The number of esters is 1. The zero-order chi connectivity index (χ0) is 24.2. The van der Waals surface area contributed by atoms with Crippen LogP contribution >= 0.6 is 11.6 Å². The molecule has 5 rings (SSSR count). The monoisotopic (exact) mass is 489 g/mol. The van der Waals surface area contributed by atoms with Gasteiger partial charge >= 0.3 is 5.97 Å². The molecular formula is C28H28ClN3O3. The number of rotatable bonds is 8. The minimum Gasteiger partial charge on any atom is -0.493 e. The Morgan fingerprint density at radius 1 is 1.17 bits per heavy atom. The van der Waals surface area contributed by atoms with E-state index in [0.29, 0.717) is 11.6 Å². The fourth-order valence-corrected chi connectivity index (χ4v) is 4.90. The van der Waals surface area contributed by atoms with Gasteiger partial charge in [-0.15, -0.1) is 0 Å². The van der Waals surface area contributed by atoms with Gasteiger partial charge in [0, 0.05) is 40.8 Å². The molecule has 35 heavy (non-hydrogen) atoms. The predicted molar refractivity (Wildman–Crippen MR) is 138 cm³/mol. The van der Waals surface area contributed by atoms with Crippen molar-refractivity contribution in [1.29, 1.82) is 0 Å². The van der Waals surface area contributed by atoms with Gasteiger partial charge in [0.05, 0.1) is 37.6 Å². The zero-order valence-electron chi connectivity index (χ0n) is 19.7. The number of carbonyl (C=O) groups excluding carboxylic acids is 1. The molecule has 2 aromatic carbocycles. The normalized spacial score (nSPS) is 13.7. The van der Waals surface area contributed by atoms with Crippen LogP contribution in [0, 0.1) is 0 Å². The van der Waals surface area contributed by atoms with E-state index < -0.39 is 0 Å². The molecule has 0 saturated heterocycles. The van der Waals surface area contributed by atoms with Gasteiger partial charge < -0.3 is 19.4 Å². The second-order valence-electron chi connectivity index (χ2n) is 8.69. The highest BCUT2D eigenvalue weighted by molar-refractivity contribution is 6.31. The summed E-state index contributed by atoms with van der Waals surface area (Å²) in [5.41, 5.74) is 5.22. The first-order chi connectivity index (χ1) is 17.1. The van der Waals surface area contributed by atoms with Crippen molar-refractivity contribution < 1.29 is 14.3 Å². The Bertz CT molecular complexity index is 1350. The largest absolute Gasteiger partial charge is 0.493 e. The maximum absolute atomic E-state index is 12.2. The fraction of sp³-hybridized carbons (Fsp3) is 0.286. The molecule has 0 saturated carbocycles. The molecule has 0 bridgehead atoms. The van der Waals surface area contributed by atoms with Crippen molar-refractivity contribution in [2.45, 2.75) is 31.7 Å². The summed E-state index contributed by atoms with van der Waals surface area (Å²) < 4.78 is 13.1. The number of nitrogens with one attached hydrogen (secondary N) is 1. The van der Waals surface area contributed by atoms with Crippen molar-refractivity contribution in [3.8, 4) is 5.75 Å². The Morgan fingerprint density at radius 2 is 2.06 bits per heavy atom. The number of ether oxygens (including phenoxy) is 2. The maximum atomic E-state index is 12.2. The zero-order valence-corrected chi connectivity index (χ0v) is 20.4. The molecule has 0 aliphatic carbocycles. The molecule has 2 aromatic heterocycles. The molecule has 180 valence electrons. The van der Waals surface area contributed by atoms with E-state index in [2.05, 4.69) is 22.0 Å². The lowest BCUT2D eigenvalue weighted by Crippen LogP contribution is -2.16. The summed E-state index contributed by atoms with van der Waals surface area (Å²) in [6.45, 7) is 1.57. The third kappa shape index (κ3) is 5.13. The van der Waals surface area contributed by atoms with Gasteiger partial charge in [0.2, 0.25) is 0 Å². The Kier molecular flexibility index (Phi) is 6.91. The number of carbonyl (C=O) groups is 1. The second-order valence-corrected chi connectivity index (χ2v) is 9.09. The number of aromatic nitrogens is 2. The first kappa shape index (κ1) is 23.2. The van der Waals surface area contributed by atoms with Crippen molar-refractivity contribution >= 4 is 34.2 Å². The maximum Gasteiger partial charge on any atom is 0.307 e. The van der Waals surface area contributed by atoms with Gasteiger partial charge in [-0.05, 0) is 60.9 Å². The minimum absolute atomic E-state index is 0.186. The molecule has 1 atom stereocenters. The number of anilines is 1. The highest BCUT2D eigenvalue weighted by Crippen LogP contribution is 2.33. The van der Waals surface area contributed by atoms with Crippen LogP contribution in [0.15, 0.2) is 66.9 Å². The quantitative estimate of drug-likeness (QED) is 0.316. The van der Waals surface area contributed by atoms with Crippen LogP contribution in [0.5, 0.6) is 5.75 Å². The van der Waals surface area contributed by atoms with Gasteiger partial charge in [-0.2, -0.15) is 0 Å². The molecule has 0 fully saturated rings. The third-order valence-corrected chi connectivity index (χ3v) is 6.79. The Hall–Kier alpha value is -3.51. The summed E-state index contributed by atoms with van der Waals surface area (Å²) in [4.78, 5) is 17.0. The first-order valence-electron chi connectivity index (χ1n) is 11.9. The van der Waals surface area contributed by atoms with Crippen molar-refractivity contribution in [3.63, 3.8) is 0 Å². The Labute approximate surface area is 209 Å². The molecule has 1 unspecified atom stereocenters. The van der Waals surface area contributed by atoms with Crippen LogP contribution in [0.25, 0.3) is 10.9 Å². The molecule has 1 aliphatic rings. The molecule has 3 heterocycles. The fourth-order valence-electron chi connectivity index (χ4n) is 4.64. The Balaban J connectivity index is 1.32. The van der Waals surface area contributed by atoms with Crippen molar-refractivity contribution in [2.24, 2.45) is 0 Å². The summed E-state index contributed by atoms with van der Waals surface area (Å²) in [6.07, 6.45) is 5.06. The topological polar surface area (TPSA) is 65.4 Å². The predicted octanol–water partition coefficient (Wildman–Crippen LogP) is 5.82. The number of halogens is 1. The summed E-state index contributed by atoms with van der Waals surface area (Å²) in [6, 6.07) is 19.6. The molecule has 0 amide bonds. The molecule has 7 heteroatoms. The van der Waals surface area contributed by atoms with Gasteiger partial charge in [-0.3, -0.25) is 9.78 Å². The number of aryl methyl sites for hydroxylation is 1. The van der Waals surface area contributed by atoms with E-state index in [4.69, 9.17) is 26.1 Å². The second kappa shape index (κ2) is 10.4. The Morgan fingerprint density at radius 3 is 2.91 bits per heavy atom. The summed E-state index contributed by atoms with van der Waals surface area (Å²) in [5, 5.41) is 5.05. The lowest BCUT2D eigenvalue weighted by atomic mass is 10.0. The van der Waals surface area contributed by atoms with Crippen LogP contribution in [0.1, 0.15) is 35.8 Å². The van der Waals surface area contributed by atoms with Gasteiger partial charge in [0.15, 0.2) is 0 Å². The number of fused-ring (bicyclic) bond motifs is 2. The number of benzene rings is 2. The van der Waals surface area contributed by atoms with E-state index in [1.165, 1.54) is 7.11 Å². The average molecular weight is 490 g/mol. The van der Waals surface area contributed by atoms with Gasteiger partial charge in [0.25, 0.3) is 0 Å². The molecule has 6 nitrogen and oxygen atoms in total. The SMILES string of the molecule is COC(=O)CC(c1ccccc1Cl)n1ccc2cc(OCCc3ccc4c(n3)CCCN4)ccc21. The molecule has 0 spiro atoms. The van der Waals surface area contributed by atoms with E-state index in [1.54, 1.807) is 0 Å². The number of hydrogen-bond donors (Lipinski definition) is 1. The number of hydrogen-bond acceptors (Lipinski definition) is 5. The van der Waals surface area contributed by atoms with E-state index in [1.807, 2.05) is 54.7 Å². The van der Waals surface area contributed by atoms with Crippen LogP contribution in [0.2, 0.25) is 5.02 Å². The highest BCUT2D eigenvalue weighted by Gasteiger charge is 2.22. The smallest absolute Gasteiger partial charge is 0.307 e. The third-order valence-electron chi connectivity index (χ3n) is 6.44. The van der Waals surface area contributed by atoms with Crippen molar-refractivity contribution in [3.05, 3.63) is 88.8 Å². The molecule has 1 aliphatic heterocycles. The van der Waals surface area contributed by atoms with Gasteiger partial charge in [0.1, 0.15) is 5.75 Å². The van der Waals surface area contributed by atoms with E-state index in [9.17, 15) is 4.79 Å². The number of nitrogens with zero attached hydrogens (tertiary/aromatic N) is 2. The van der Waals surface area contributed by atoms with Crippen LogP contribution in [0.3, 0.4) is 0 Å². The lowest BCUT2D eigenvalue weighted by Gasteiger charge is -2.21.